The molecule has 1 heterocycles. The third-order valence-electron chi connectivity index (χ3n) is 4.02. The lowest BCUT2D eigenvalue weighted by molar-refractivity contribution is -0.125. The van der Waals surface area contributed by atoms with Crippen LogP contribution in [0.15, 0.2) is 23.1 Å². The molecule has 5 nitrogen and oxygen atoms in total. The van der Waals surface area contributed by atoms with Crippen LogP contribution in [0.4, 0.5) is 0 Å². The van der Waals surface area contributed by atoms with Gasteiger partial charge >= 0.3 is 0 Å². The van der Waals surface area contributed by atoms with Gasteiger partial charge in [0.05, 0.1) is 4.90 Å². The standard InChI is InChI=1S/C15H21ClN2O3S2/c1-11-2-3-13(10-14(11)16)23(20,21)18-7-4-12(5-8-18)15(19)17-6-9-22/h2-3,10,12,22H,4-9H2,1H3,(H,17,19). The van der Waals surface area contributed by atoms with Gasteiger partial charge in [-0.1, -0.05) is 17.7 Å². The highest BCUT2D eigenvalue weighted by Crippen LogP contribution is 2.26. The second kappa shape index (κ2) is 7.88. The van der Waals surface area contributed by atoms with Gasteiger partial charge in [-0.05, 0) is 37.5 Å². The molecule has 0 unspecified atom stereocenters. The molecule has 1 saturated heterocycles. The predicted octanol–water partition coefficient (Wildman–Crippen LogP) is 2.10. The van der Waals surface area contributed by atoms with Crippen molar-refractivity contribution < 1.29 is 13.2 Å². The number of halogens is 1. The maximum Gasteiger partial charge on any atom is 0.243 e. The lowest BCUT2D eigenvalue weighted by Gasteiger charge is -2.30. The first-order valence-electron chi connectivity index (χ1n) is 7.51. The van der Waals surface area contributed by atoms with Crippen LogP contribution < -0.4 is 5.32 Å². The smallest absolute Gasteiger partial charge is 0.243 e. The van der Waals surface area contributed by atoms with Gasteiger partial charge in [0.15, 0.2) is 0 Å². The number of hydrogen-bond donors (Lipinski definition) is 2. The molecule has 0 spiro atoms. The molecular formula is C15H21ClN2O3S2. The number of carbonyl (C=O) groups is 1. The second-order valence-corrected chi connectivity index (χ2v) is 8.40. The number of benzene rings is 1. The van der Waals surface area contributed by atoms with Crippen molar-refractivity contribution in [2.24, 2.45) is 5.92 Å². The Kier molecular flexibility index (Phi) is 6.36. The lowest BCUT2D eigenvalue weighted by atomic mass is 9.97. The molecule has 1 N–H and O–H groups in total. The molecule has 23 heavy (non-hydrogen) atoms. The van der Waals surface area contributed by atoms with E-state index in [1.54, 1.807) is 12.1 Å². The molecule has 0 aliphatic carbocycles. The van der Waals surface area contributed by atoms with Crippen LogP contribution in [0.1, 0.15) is 18.4 Å². The maximum absolute atomic E-state index is 12.7. The van der Waals surface area contributed by atoms with Crippen molar-refractivity contribution in [2.45, 2.75) is 24.7 Å². The summed E-state index contributed by atoms with van der Waals surface area (Å²) in [6.45, 7) is 3.04. The van der Waals surface area contributed by atoms with Crippen molar-refractivity contribution in [3.8, 4) is 0 Å². The van der Waals surface area contributed by atoms with Crippen molar-refractivity contribution in [1.82, 2.24) is 9.62 Å². The SMILES string of the molecule is Cc1ccc(S(=O)(=O)N2CCC(C(=O)NCCS)CC2)cc1Cl. The van der Waals surface area contributed by atoms with E-state index in [2.05, 4.69) is 17.9 Å². The Morgan fingerprint density at radius 2 is 2.04 bits per heavy atom. The number of carbonyl (C=O) groups excluding carboxylic acids is 1. The maximum atomic E-state index is 12.7. The number of thiol groups is 1. The van der Waals surface area contributed by atoms with Crippen molar-refractivity contribution in [2.75, 3.05) is 25.4 Å². The number of piperidine rings is 1. The molecule has 8 heteroatoms. The van der Waals surface area contributed by atoms with Crippen LogP contribution in [0, 0.1) is 12.8 Å². The van der Waals surface area contributed by atoms with E-state index in [4.69, 9.17) is 11.6 Å². The quantitative estimate of drug-likeness (QED) is 0.773. The van der Waals surface area contributed by atoms with Gasteiger partial charge in [-0.3, -0.25) is 4.79 Å². The first kappa shape index (κ1) is 18.6. The average Bonchev–Trinajstić information content (AvgIpc) is 2.55. The van der Waals surface area contributed by atoms with Crippen molar-refractivity contribution >= 4 is 40.2 Å². The van der Waals surface area contributed by atoms with Gasteiger partial charge in [0.25, 0.3) is 0 Å². The van der Waals surface area contributed by atoms with E-state index in [0.29, 0.717) is 43.3 Å². The third-order valence-corrected chi connectivity index (χ3v) is 6.54. The first-order valence-corrected chi connectivity index (χ1v) is 9.96. The summed E-state index contributed by atoms with van der Waals surface area (Å²) >= 11 is 10.1. The van der Waals surface area contributed by atoms with E-state index in [1.807, 2.05) is 6.92 Å². The zero-order valence-corrected chi connectivity index (χ0v) is 15.4. The number of amides is 1. The fourth-order valence-corrected chi connectivity index (χ4v) is 4.42. The molecule has 0 atom stereocenters. The van der Waals surface area contributed by atoms with Crippen LogP contribution in [0.3, 0.4) is 0 Å². The molecule has 2 rings (SSSR count). The molecule has 0 bridgehead atoms. The molecule has 1 amide bonds. The van der Waals surface area contributed by atoms with E-state index < -0.39 is 10.0 Å². The molecular weight excluding hydrogens is 356 g/mol. The van der Waals surface area contributed by atoms with Gasteiger partial charge in [0, 0.05) is 36.3 Å². The normalized spacial score (nSPS) is 17.2. The summed E-state index contributed by atoms with van der Waals surface area (Å²) in [5, 5.41) is 3.24. The van der Waals surface area contributed by atoms with E-state index >= 15 is 0 Å². The summed E-state index contributed by atoms with van der Waals surface area (Å²) in [7, 11) is -3.56. The Balaban J connectivity index is 2.03. The van der Waals surface area contributed by atoms with Gasteiger partial charge in [-0.15, -0.1) is 0 Å². The topological polar surface area (TPSA) is 66.5 Å². The molecule has 128 valence electrons. The zero-order chi connectivity index (χ0) is 17.0. The van der Waals surface area contributed by atoms with Gasteiger partial charge in [-0.2, -0.15) is 16.9 Å². The lowest BCUT2D eigenvalue weighted by Crippen LogP contribution is -2.43. The highest BCUT2D eigenvalue weighted by atomic mass is 35.5. The number of rotatable bonds is 5. The van der Waals surface area contributed by atoms with Crippen LogP contribution in [0.25, 0.3) is 0 Å². The summed E-state index contributed by atoms with van der Waals surface area (Å²) in [6.07, 6.45) is 1.05. The van der Waals surface area contributed by atoms with E-state index in [1.165, 1.54) is 10.4 Å². The molecule has 1 fully saturated rings. The summed E-state index contributed by atoms with van der Waals surface area (Å²) in [4.78, 5) is 12.1. The minimum absolute atomic E-state index is 0.0190. The predicted molar refractivity (Wildman–Crippen MR) is 94.5 cm³/mol. The number of nitrogens with one attached hydrogen (secondary N) is 1. The Hall–Kier alpha value is -0.760. The average molecular weight is 377 g/mol. The Morgan fingerprint density at radius 1 is 1.39 bits per heavy atom. The Labute approximate surface area is 147 Å². The van der Waals surface area contributed by atoms with E-state index in [-0.39, 0.29) is 16.7 Å². The summed E-state index contributed by atoms with van der Waals surface area (Å²) in [6, 6.07) is 4.76. The Morgan fingerprint density at radius 3 is 2.61 bits per heavy atom. The molecule has 1 aliphatic rings. The number of sulfonamides is 1. The largest absolute Gasteiger partial charge is 0.355 e. The minimum Gasteiger partial charge on any atom is -0.355 e. The molecule has 1 aliphatic heterocycles. The van der Waals surface area contributed by atoms with Gasteiger partial charge in [-0.25, -0.2) is 8.42 Å². The minimum atomic E-state index is -3.56. The van der Waals surface area contributed by atoms with Crippen LogP contribution in [-0.2, 0) is 14.8 Å². The number of aryl methyl sites for hydroxylation is 1. The zero-order valence-electron chi connectivity index (χ0n) is 13.0. The van der Waals surface area contributed by atoms with E-state index in [0.717, 1.165) is 5.56 Å². The van der Waals surface area contributed by atoms with Crippen LogP contribution in [0.2, 0.25) is 5.02 Å². The van der Waals surface area contributed by atoms with Crippen molar-refractivity contribution in [3.05, 3.63) is 28.8 Å². The summed E-state index contributed by atoms with van der Waals surface area (Å²) in [5.41, 5.74) is 0.838. The number of hydrogen-bond acceptors (Lipinski definition) is 4. The van der Waals surface area contributed by atoms with Crippen LogP contribution in [0.5, 0.6) is 0 Å². The summed E-state index contributed by atoms with van der Waals surface area (Å²) in [5.74, 6) is 0.435. The highest BCUT2D eigenvalue weighted by Gasteiger charge is 2.32. The fourth-order valence-electron chi connectivity index (χ4n) is 2.56. The number of nitrogens with zero attached hydrogens (tertiary/aromatic N) is 1. The third kappa shape index (κ3) is 4.41. The van der Waals surface area contributed by atoms with Crippen LogP contribution in [-0.4, -0.2) is 44.0 Å². The molecule has 0 radical (unpaired) electrons. The molecule has 1 aromatic rings. The Bertz CT molecular complexity index is 671. The monoisotopic (exact) mass is 376 g/mol. The van der Waals surface area contributed by atoms with Gasteiger partial charge < -0.3 is 5.32 Å². The first-order chi connectivity index (χ1) is 10.9. The van der Waals surface area contributed by atoms with Gasteiger partial charge in [0.2, 0.25) is 15.9 Å². The van der Waals surface area contributed by atoms with Crippen molar-refractivity contribution in [3.63, 3.8) is 0 Å². The van der Waals surface area contributed by atoms with Crippen LogP contribution >= 0.6 is 24.2 Å². The molecule has 0 aromatic heterocycles. The fraction of sp³-hybridized carbons (Fsp3) is 0.533. The molecule has 0 saturated carbocycles. The molecule has 1 aromatic carbocycles. The highest BCUT2D eigenvalue weighted by molar-refractivity contribution is 7.89. The summed E-state index contributed by atoms with van der Waals surface area (Å²) < 4.78 is 26.7. The van der Waals surface area contributed by atoms with E-state index in [9.17, 15) is 13.2 Å². The van der Waals surface area contributed by atoms with Gasteiger partial charge in [0.1, 0.15) is 0 Å². The second-order valence-electron chi connectivity index (χ2n) is 5.60. The van der Waals surface area contributed by atoms with Crippen molar-refractivity contribution in [1.29, 1.82) is 0 Å².